The van der Waals surface area contributed by atoms with Crippen LogP contribution < -0.4 is 10.5 Å². The van der Waals surface area contributed by atoms with Crippen molar-refractivity contribution in [3.8, 4) is 5.75 Å². The second-order valence-electron chi connectivity index (χ2n) is 4.97. The van der Waals surface area contributed by atoms with Crippen LogP contribution in [-0.2, 0) is 4.74 Å². The van der Waals surface area contributed by atoms with E-state index in [9.17, 15) is 5.11 Å². The number of ether oxygens (including phenoxy) is 2. The van der Waals surface area contributed by atoms with E-state index in [0.29, 0.717) is 25.5 Å². The van der Waals surface area contributed by atoms with Crippen molar-refractivity contribution < 1.29 is 14.6 Å². The minimum Gasteiger partial charge on any atom is -0.496 e. The molecule has 1 aromatic carbocycles. The fourth-order valence-electron chi connectivity index (χ4n) is 2.62. The van der Waals surface area contributed by atoms with Crippen LogP contribution in [0, 0.1) is 5.41 Å². The number of rotatable bonds is 4. The molecule has 1 atom stereocenters. The van der Waals surface area contributed by atoms with Gasteiger partial charge in [0, 0.05) is 35.2 Å². The summed E-state index contributed by atoms with van der Waals surface area (Å²) in [6.07, 6.45) is 0.884. The van der Waals surface area contributed by atoms with Crippen LogP contribution in [0.25, 0.3) is 0 Å². The molecule has 19 heavy (non-hydrogen) atoms. The molecule has 0 amide bonds. The largest absolute Gasteiger partial charge is 0.496 e. The predicted molar refractivity (Wildman–Crippen MR) is 77.2 cm³/mol. The van der Waals surface area contributed by atoms with Gasteiger partial charge in [-0.05, 0) is 31.0 Å². The summed E-state index contributed by atoms with van der Waals surface area (Å²) >= 11 is 3.43. The number of hydrogen-bond acceptors (Lipinski definition) is 4. The van der Waals surface area contributed by atoms with Crippen LogP contribution in [0.1, 0.15) is 24.5 Å². The third-order valence-corrected chi connectivity index (χ3v) is 4.45. The standard InChI is InChI=1S/C14H20BrNO3/c1-18-12-3-2-10(15)8-11(12)13(17)14(9-16)4-6-19-7-5-14/h2-3,8,13,17H,4-7,9,16H2,1H3. The molecule has 1 aliphatic rings. The van der Waals surface area contributed by atoms with Gasteiger partial charge in [0.15, 0.2) is 0 Å². The zero-order valence-corrected chi connectivity index (χ0v) is 12.6. The maximum atomic E-state index is 10.8. The number of benzene rings is 1. The van der Waals surface area contributed by atoms with E-state index >= 15 is 0 Å². The summed E-state index contributed by atoms with van der Waals surface area (Å²) < 4.78 is 11.7. The topological polar surface area (TPSA) is 64.7 Å². The highest BCUT2D eigenvalue weighted by molar-refractivity contribution is 9.10. The van der Waals surface area contributed by atoms with Crippen LogP contribution in [0.3, 0.4) is 0 Å². The van der Waals surface area contributed by atoms with Gasteiger partial charge in [0.05, 0.1) is 13.2 Å². The molecule has 1 heterocycles. The number of aliphatic hydroxyl groups is 1. The van der Waals surface area contributed by atoms with E-state index in [0.717, 1.165) is 22.9 Å². The Kier molecular flexibility index (Phi) is 4.84. The molecule has 0 spiro atoms. The second kappa shape index (κ2) is 6.22. The molecule has 2 rings (SSSR count). The van der Waals surface area contributed by atoms with Gasteiger partial charge in [0.25, 0.3) is 0 Å². The molecule has 1 saturated heterocycles. The summed E-state index contributed by atoms with van der Waals surface area (Å²) in [5, 5.41) is 10.8. The van der Waals surface area contributed by atoms with E-state index in [4.69, 9.17) is 15.2 Å². The Hall–Kier alpha value is -0.620. The van der Waals surface area contributed by atoms with Crippen LogP contribution in [0.2, 0.25) is 0 Å². The van der Waals surface area contributed by atoms with Crippen LogP contribution in [0.4, 0.5) is 0 Å². The Bertz CT molecular complexity index is 433. The quantitative estimate of drug-likeness (QED) is 0.889. The highest BCUT2D eigenvalue weighted by Crippen LogP contribution is 2.44. The van der Waals surface area contributed by atoms with Gasteiger partial charge in [-0.25, -0.2) is 0 Å². The summed E-state index contributed by atoms with van der Waals surface area (Å²) in [6, 6.07) is 5.65. The second-order valence-corrected chi connectivity index (χ2v) is 5.88. The molecule has 1 aromatic rings. The van der Waals surface area contributed by atoms with E-state index in [1.165, 1.54) is 0 Å². The first-order valence-electron chi connectivity index (χ1n) is 6.42. The summed E-state index contributed by atoms with van der Waals surface area (Å²) in [6.45, 7) is 1.72. The summed E-state index contributed by atoms with van der Waals surface area (Å²) in [5.41, 5.74) is 6.39. The molecular formula is C14H20BrNO3. The first-order chi connectivity index (χ1) is 9.13. The zero-order valence-electron chi connectivity index (χ0n) is 11.1. The first-order valence-corrected chi connectivity index (χ1v) is 7.21. The van der Waals surface area contributed by atoms with Gasteiger partial charge in [-0.2, -0.15) is 0 Å². The van der Waals surface area contributed by atoms with Crippen molar-refractivity contribution in [2.75, 3.05) is 26.9 Å². The Labute approximate surface area is 122 Å². The molecular weight excluding hydrogens is 310 g/mol. The van der Waals surface area contributed by atoms with Crippen LogP contribution in [-0.4, -0.2) is 32.0 Å². The van der Waals surface area contributed by atoms with Crippen molar-refractivity contribution in [3.63, 3.8) is 0 Å². The lowest BCUT2D eigenvalue weighted by atomic mass is 9.73. The SMILES string of the molecule is COc1ccc(Br)cc1C(O)C1(CN)CCOCC1. The normalized spacial score (nSPS) is 20.0. The molecule has 1 aliphatic heterocycles. The summed E-state index contributed by atoms with van der Waals surface area (Å²) in [4.78, 5) is 0. The van der Waals surface area contributed by atoms with Gasteiger partial charge in [0.2, 0.25) is 0 Å². The number of hydrogen-bond donors (Lipinski definition) is 2. The maximum absolute atomic E-state index is 10.8. The molecule has 3 N–H and O–H groups in total. The smallest absolute Gasteiger partial charge is 0.124 e. The Morgan fingerprint density at radius 1 is 1.47 bits per heavy atom. The average molecular weight is 330 g/mol. The van der Waals surface area contributed by atoms with Gasteiger partial charge in [-0.15, -0.1) is 0 Å². The lowest BCUT2D eigenvalue weighted by Crippen LogP contribution is -2.41. The molecule has 106 valence electrons. The summed E-state index contributed by atoms with van der Waals surface area (Å²) in [7, 11) is 1.61. The van der Waals surface area contributed by atoms with Gasteiger partial charge >= 0.3 is 0 Å². The van der Waals surface area contributed by atoms with E-state index < -0.39 is 6.10 Å². The highest BCUT2D eigenvalue weighted by Gasteiger charge is 2.40. The number of methoxy groups -OCH3 is 1. The lowest BCUT2D eigenvalue weighted by Gasteiger charge is -2.40. The van der Waals surface area contributed by atoms with E-state index in [2.05, 4.69) is 15.9 Å². The third-order valence-electron chi connectivity index (χ3n) is 3.96. The average Bonchev–Trinajstić information content (AvgIpc) is 2.47. The Morgan fingerprint density at radius 2 is 2.16 bits per heavy atom. The number of aliphatic hydroxyl groups excluding tert-OH is 1. The molecule has 0 aromatic heterocycles. The summed E-state index contributed by atoms with van der Waals surface area (Å²) in [5.74, 6) is 0.690. The van der Waals surface area contributed by atoms with Crippen molar-refractivity contribution in [3.05, 3.63) is 28.2 Å². The van der Waals surface area contributed by atoms with Crippen LogP contribution in [0.5, 0.6) is 5.75 Å². The molecule has 5 heteroatoms. The van der Waals surface area contributed by atoms with Gasteiger partial charge in [0.1, 0.15) is 5.75 Å². The Balaban J connectivity index is 2.36. The van der Waals surface area contributed by atoms with Crippen LogP contribution in [0.15, 0.2) is 22.7 Å². The van der Waals surface area contributed by atoms with Crippen molar-refractivity contribution in [2.24, 2.45) is 11.1 Å². The molecule has 4 nitrogen and oxygen atoms in total. The highest BCUT2D eigenvalue weighted by atomic mass is 79.9. The molecule has 0 saturated carbocycles. The van der Waals surface area contributed by atoms with Crippen molar-refractivity contribution in [2.45, 2.75) is 18.9 Å². The Morgan fingerprint density at radius 3 is 2.74 bits per heavy atom. The maximum Gasteiger partial charge on any atom is 0.124 e. The zero-order chi connectivity index (χ0) is 13.9. The van der Waals surface area contributed by atoms with Crippen molar-refractivity contribution >= 4 is 15.9 Å². The molecule has 1 unspecified atom stereocenters. The lowest BCUT2D eigenvalue weighted by molar-refractivity contribution is -0.0588. The van der Waals surface area contributed by atoms with Crippen LogP contribution >= 0.6 is 15.9 Å². The van der Waals surface area contributed by atoms with Gasteiger partial charge in [-0.3, -0.25) is 0 Å². The van der Waals surface area contributed by atoms with Crippen molar-refractivity contribution in [1.82, 2.24) is 0 Å². The minimum atomic E-state index is -0.645. The number of halogens is 1. The first kappa shape index (κ1) is 14.8. The van der Waals surface area contributed by atoms with Gasteiger partial charge < -0.3 is 20.3 Å². The monoisotopic (exact) mass is 329 g/mol. The van der Waals surface area contributed by atoms with E-state index in [-0.39, 0.29) is 5.41 Å². The number of nitrogens with two attached hydrogens (primary N) is 1. The molecule has 0 bridgehead atoms. The van der Waals surface area contributed by atoms with Gasteiger partial charge in [-0.1, -0.05) is 15.9 Å². The molecule has 0 aliphatic carbocycles. The fourth-order valence-corrected chi connectivity index (χ4v) is 2.99. The van der Waals surface area contributed by atoms with E-state index in [1.54, 1.807) is 7.11 Å². The minimum absolute atomic E-state index is 0.327. The molecule has 0 radical (unpaired) electrons. The molecule has 1 fully saturated rings. The fraction of sp³-hybridized carbons (Fsp3) is 0.571. The third kappa shape index (κ3) is 2.94. The predicted octanol–water partition coefficient (Wildman–Crippen LogP) is 2.25. The van der Waals surface area contributed by atoms with Crippen molar-refractivity contribution in [1.29, 1.82) is 0 Å². The van der Waals surface area contributed by atoms with E-state index in [1.807, 2.05) is 18.2 Å².